The highest BCUT2D eigenvalue weighted by Gasteiger charge is 2.17. The fraction of sp³-hybridized carbons (Fsp3) is 0.350. The van der Waals surface area contributed by atoms with Gasteiger partial charge in [-0.15, -0.1) is 23.1 Å². The van der Waals surface area contributed by atoms with Gasteiger partial charge in [0.15, 0.2) is 6.61 Å². The number of benzene rings is 1. The molecule has 6 nitrogen and oxygen atoms in total. The first-order valence-electron chi connectivity index (χ1n) is 8.92. The van der Waals surface area contributed by atoms with E-state index in [2.05, 4.69) is 5.32 Å². The largest absolute Gasteiger partial charge is 0.452 e. The molecular weight excluding hydrogens is 432 g/mol. The number of carbonyl (C=O) groups excluding carboxylic acids is 3. The Labute approximate surface area is 183 Å². The van der Waals surface area contributed by atoms with E-state index in [4.69, 9.17) is 16.3 Å². The molecule has 0 saturated heterocycles. The summed E-state index contributed by atoms with van der Waals surface area (Å²) in [6.07, 6.45) is 0. The zero-order chi connectivity index (χ0) is 21.4. The zero-order valence-electron chi connectivity index (χ0n) is 16.4. The van der Waals surface area contributed by atoms with E-state index in [1.807, 2.05) is 19.9 Å². The maximum absolute atomic E-state index is 12.5. The zero-order valence-corrected chi connectivity index (χ0v) is 18.8. The van der Waals surface area contributed by atoms with Crippen molar-refractivity contribution in [3.63, 3.8) is 0 Å². The molecule has 0 radical (unpaired) electrons. The summed E-state index contributed by atoms with van der Waals surface area (Å²) in [5.74, 6) is -0.839. The Hall–Kier alpha value is -2.03. The third-order valence-corrected chi connectivity index (χ3v) is 5.98. The van der Waals surface area contributed by atoms with Gasteiger partial charge >= 0.3 is 5.97 Å². The minimum Gasteiger partial charge on any atom is -0.452 e. The summed E-state index contributed by atoms with van der Waals surface area (Å²) in [7, 11) is 1.64. The lowest BCUT2D eigenvalue weighted by Crippen LogP contribution is -2.31. The maximum atomic E-state index is 12.5. The number of carbonyl (C=O) groups is 3. The normalized spacial score (nSPS) is 10.7. The monoisotopic (exact) mass is 454 g/mol. The third kappa shape index (κ3) is 7.72. The van der Waals surface area contributed by atoms with Gasteiger partial charge < -0.3 is 15.0 Å². The Kier molecular flexibility index (Phi) is 9.00. The molecule has 0 unspecified atom stereocenters. The van der Waals surface area contributed by atoms with Gasteiger partial charge in [0, 0.05) is 22.9 Å². The molecule has 1 N–H and O–H groups in total. The molecule has 0 aliphatic rings. The summed E-state index contributed by atoms with van der Waals surface area (Å²) in [4.78, 5) is 39.6. The minimum absolute atomic E-state index is 0.0523. The molecule has 0 saturated carbocycles. The predicted molar refractivity (Wildman–Crippen MR) is 117 cm³/mol. The van der Waals surface area contributed by atoms with Crippen LogP contribution >= 0.6 is 34.7 Å². The van der Waals surface area contributed by atoms with Crippen molar-refractivity contribution < 1.29 is 19.1 Å². The van der Waals surface area contributed by atoms with Crippen LogP contribution in [-0.4, -0.2) is 48.1 Å². The van der Waals surface area contributed by atoms with Gasteiger partial charge in [-0.05, 0) is 38.1 Å². The van der Waals surface area contributed by atoms with Gasteiger partial charge in [-0.25, -0.2) is 4.79 Å². The molecule has 0 spiro atoms. The average Bonchev–Trinajstić information content (AvgIpc) is 3.08. The molecule has 2 rings (SSSR count). The standard InChI is InChI=1S/C20H23ClN2O4S2/c1-13(2)22-18(24)12-28-16-7-5-4-6-15(16)20(26)27-11-19(25)23(3)10-14-8-9-17(21)29-14/h4-9,13H,10-12H2,1-3H3,(H,22,24). The van der Waals surface area contributed by atoms with Crippen molar-refractivity contribution in [3.8, 4) is 0 Å². The van der Waals surface area contributed by atoms with Crippen molar-refractivity contribution in [1.82, 2.24) is 10.2 Å². The van der Waals surface area contributed by atoms with Gasteiger partial charge in [-0.2, -0.15) is 0 Å². The molecule has 1 heterocycles. The fourth-order valence-electron chi connectivity index (χ4n) is 2.34. The Bertz CT molecular complexity index is 870. The molecule has 29 heavy (non-hydrogen) atoms. The highest BCUT2D eigenvalue weighted by molar-refractivity contribution is 8.00. The number of nitrogens with one attached hydrogen (secondary N) is 1. The lowest BCUT2D eigenvalue weighted by Gasteiger charge is -2.16. The van der Waals surface area contributed by atoms with Crippen molar-refractivity contribution in [2.24, 2.45) is 0 Å². The smallest absolute Gasteiger partial charge is 0.339 e. The van der Waals surface area contributed by atoms with Crippen molar-refractivity contribution in [2.45, 2.75) is 31.3 Å². The lowest BCUT2D eigenvalue weighted by molar-refractivity contribution is -0.133. The average molecular weight is 455 g/mol. The van der Waals surface area contributed by atoms with Crippen LogP contribution in [0.5, 0.6) is 0 Å². The van der Waals surface area contributed by atoms with Gasteiger partial charge in [0.2, 0.25) is 5.91 Å². The molecule has 9 heteroatoms. The number of likely N-dealkylation sites (N-methyl/N-ethyl adjacent to an activating group) is 1. The second-order valence-corrected chi connectivity index (χ2v) is 9.36. The Balaban J connectivity index is 1.89. The van der Waals surface area contributed by atoms with Crippen LogP contribution in [0.4, 0.5) is 0 Å². The summed E-state index contributed by atoms with van der Waals surface area (Å²) in [5, 5.41) is 2.80. The quantitative estimate of drug-likeness (QED) is 0.460. The van der Waals surface area contributed by atoms with Crippen LogP contribution in [0, 0.1) is 0 Å². The van der Waals surface area contributed by atoms with Crippen LogP contribution in [0.2, 0.25) is 4.34 Å². The van der Waals surface area contributed by atoms with Crippen LogP contribution in [0.25, 0.3) is 0 Å². The minimum atomic E-state index is -0.599. The SMILES string of the molecule is CC(C)NC(=O)CSc1ccccc1C(=O)OCC(=O)N(C)Cc1ccc(Cl)s1. The number of thiophene rings is 1. The van der Waals surface area contributed by atoms with Crippen LogP contribution in [-0.2, 0) is 20.9 Å². The van der Waals surface area contributed by atoms with Crippen molar-refractivity contribution >= 4 is 52.5 Å². The fourth-order valence-corrected chi connectivity index (χ4v) is 4.33. The Morgan fingerprint density at radius 2 is 1.93 bits per heavy atom. The number of rotatable bonds is 9. The molecule has 2 aromatic rings. The van der Waals surface area contributed by atoms with E-state index in [1.54, 1.807) is 37.4 Å². The second-order valence-electron chi connectivity index (χ2n) is 6.54. The highest BCUT2D eigenvalue weighted by atomic mass is 35.5. The van der Waals surface area contributed by atoms with Crippen LogP contribution < -0.4 is 5.32 Å². The Morgan fingerprint density at radius 3 is 2.59 bits per heavy atom. The van der Waals surface area contributed by atoms with Gasteiger partial charge in [0.05, 0.1) is 22.2 Å². The van der Waals surface area contributed by atoms with Crippen molar-refractivity contribution in [3.05, 3.63) is 51.2 Å². The molecule has 0 bridgehead atoms. The van der Waals surface area contributed by atoms with Gasteiger partial charge in [0.25, 0.3) is 5.91 Å². The van der Waals surface area contributed by atoms with E-state index in [1.165, 1.54) is 28.0 Å². The van der Waals surface area contributed by atoms with E-state index in [9.17, 15) is 14.4 Å². The van der Waals surface area contributed by atoms with E-state index in [0.29, 0.717) is 21.3 Å². The topological polar surface area (TPSA) is 75.7 Å². The molecule has 156 valence electrons. The summed E-state index contributed by atoms with van der Waals surface area (Å²) < 4.78 is 5.86. The number of hydrogen-bond acceptors (Lipinski definition) is 6. The van der Waals surface area contributed by atoms with E-state index in [-0.39, 0.29) is 30.2 Å². The molecule has 0 fully saturated rings. The third-order valence-electron chi connectivity index (χ3n) is 3.69. The van der Waals surface area contributed by atoms with Crippen LogP contribution in [0.15, 0.2) is 41.3 Å². The number of nitrogens with zero attached hydrogens (tertiary/aromatic N) is 1. The molecule has 0 atom stereocenters. The summed E-state index contributed by atoms with van der Waals surface area (Å²) >= 11 is 8.54. The van der Waals surface area contributed by atoms with Gasteiger partial charge in [-0.3, -0.25) is 9.59 Å². The second kappa shape index (κ2) is 11.2. The summed E-state index contributed by atoms with van der Waals surface area (Å²) in [6, 6.07) is 10.5. The predicted octanol–water partition coefficient (Wildman–Crippen LogP) is 3.83. The lowest BCUT2D eigenvalue weighted by atomic mass is 10.2. The highest BCUT2D eigenvalue weighted by Crippen LogP contribution is 2.24. The van der Waals surface area contributed by atoms with Crippen LogP contribution in [0.3, 0.4) is 0 Å². The number of hydrogen-bond donors (Lipinski definition) is 1. The molecule has 0 aliphatic carbocycles. The van der Waals surface area contributed by atoms with Crippen molar-refractivity contribution in [2.75, 3.05) is 19.4 Å². The number of ether oxygens (including phenoxy) is 1. The first-order valence-corrected chi connectivity index (χ1v) is 11.1. The number of halogens is 1. The Morgan fingerprint density at radius 1 is 1.21 bits per heavy atom. The molecule has 1 aromatic carbocycles. The molecule has 1 aromatic heterocycles. The number of esters is 1. The van der Waals surface area contributed by atoms with E-state index >= 15 is 0 Å². The van der Waals surface area contributed by atoms with Crippen molar-refractivity contribution in [1.29, 1.82) is 0 Å². The number of thioether (sulfide) groups is 1. The molecule has 0 aliphatic heterocycles. The first kappa shape index (κ1) is 23.3. The number of amides is 2. The molecule has 2 amide bonds. The van der Waals surface area contributed by atoms with E-state index < -0.39 is 5.97 Å². The van der Waals surface area contributed by atoms with Crippen LogP contribution in [0.1, 0.15) is 29.1 Å². The van der Waals surface area contributed by atoms with E-state index in [0.717, 1.165) is 4.88 Å². The summed E-state index contributed by atoms with van der Waals surface area (Å²) in [5.41, 5.74) is 0.329. The van der Waals surface area contributed by atoms with Gasteiger partial charge in [0.1, 0.15) is 0 Å². The molecular formula is C20H23ClN2O4S2. The maximum Gasteiger partial charge on any atom is 0.339 e. The summed E-state index contributed by atoms with van der Waals surface area (Å²) in [6.45, 7) is 3.80. The van der Waals surface area contributed by atoms with Gasteiger partial charge in [-0.1, -0.05) is 23.7 Å². The first-order chi connectivity index (χ1) is 13.8.